The van der Waals surface area contributed by atoms with Gasteiger partial charge in [-0.05, 0) is 47.5 Å². The summed E-state index contributed by atoms with van der Waals surface area (Å²) in [5.41, 5.74) is 13.6. The Morgan fingerprint density at radius 2 is 1.43 bits per heavy atom. The number of hydrogen-bond acceptors (Lipinski definition) is 7. The van der Waals surface area contributed by atoms with Crippen molar-refractivity contribution in [1.82, 2.24) is 0 Å². The molecule has 0 saturated carbocycles. The highest BCUT2D eigenvalue weighted by atomic mass is 32.2. The highest BCUT2D eigenvalue weighted by Gasteiger charge is 2.11. The third kappa shape index (κ3) is 5.88. The summed E-state index contributed by atoms with van der Waals surface area (Å²) in [5.74, 6) is -0.166. The smallest absolute Gasteiger partial charge is 0.179 e. The second-order valence-corrected chi connectivity index (χ2v) is 7.80. The van der Waals surface area contributed by atoms with E-state index in [2.05, 4.69) is 0 Å². The number of sulfone groups is 1. The van der Waals surface area contributed by atoms with Gasteiger partial charge in [-0.3, -0.25) is 4.79 Å². The topological polar surface area (TPSA) is 122 Å². The van der Waals surface area contributed by atoms with Crippen LogP contribution in [0.25, 0.3) is 12.2 Å². The molecule has 28 heavy (non-hydrogen) atoms. The predicted molar refractivity (Wildman–Crippen MR) is 112 cm³/mol. The third-order valence-electron chi connectivity index (χ3n) is 3.78. The second-order valence-electron chi connectivity index (χ2n) is 5.91. The van der Waals surface area contributed by atoms with Gasteiger partial charge in [-0.15, -0.1) is 0 Å². The summed E-state index contributed by atoms with van der Waals surface area (Å²) < 4.78 is 34.4. The van der Waals surface area contributed by atoms with Gasteiger partial charge in [-0.2, -0.15) is 0 Å². The first-order chi connectivity index (χ1) is 13.2. The molecule has 4 N–H and O–H groups in total. The number of hydrogen-bond donors (Lipinski definition) is 2. The van der Waals surface area contributed by atoms with Gasteiger partial charge in [0.25, 0.3) is 0 Å². The number of ether oxygens (including phenoxy) is 2. The Bertz CT molecular complexity index is 1030. The van der Waals surface area contributed by atoms with Gasteiger partial charge in [0.1, 0.15) is 17.3 Å². The lowest BCUT2D eigenvalue weighted by Gasteiger charge is -2.04. The van der Waals surface area contributed by atoms with Gasteiger partial charge in [0.2, 0.25) is 0 Å². The third-order valence-corrected chi connectivity index (χ3v) is 5.02. The van der Waals surface area contributed by atoms with Crippen molar-refractivity contribution in [3.05, 3.63) is 59.0 Å². The van der Waals surface area contributed by atoms with E-state index in [-0.39, 0.29) is 0 Å². The normalized spacial score (nSPS) is 11.8. The second kappa shape index (κ2) is 9.09. The van der Waals surface area contributed by atoms with Crippen molar-refractivity contribution in [3.8, 4) is 11.5 Å². The summed E-state index contributed by atoms with van der Waals surface area (Å²) in [4.78, 5) is 12.0. The van der Waals surface area contributed by atoms with Crippen molar-refractivity contribution in [3.63, 3.8) is 0 Å². The van der Waals surface area contributed by atoms with Gasteiger partial charge in [-0.25, -0.2) is 8.42 Å². The quantitative estimate of drug-likeness (QED) is 0.514. The van der Waals surface area contributed by atoms with Gasteiger partial charge in [-0.1, -0.05) is 18.2 Å². The maximum absolute atomic E-state index is 12.1. The lowest BCUT2D eigenvalue weighted by molar-refractivity contribution is -0.112. The number of methoxy groups -OCH3 is 2. The maximum Gasteiger partial charge on any atom is 0.179 e. The van der Waals surface area contributed by atoms with Crippen molar-refractivity contribution < 1.29 is 22.7 Å². The Balaban J connectivity index is 2.03. The first kappa shape index (κ1) is 21.0. The van der Waals surface area contributed by atoms with Crippen LogP contribution in [0.1, 0.15) is 11.1 Å². The Kier molecular flexibility index (Phi) is 6.84. The lowest BCUT2D eigenvalue weighted by atomic mass is 10.1. The number of anilines is 2. The van der Waals surface area contributed by atoms with Crippen molar-refractivity contribution in [1.29, 1.82) is 0 Å². The molecule has 0 aliphatic carbocycles. The largest absolute Gasteiger partial charge is 0.495 e. The van der Waals surface area contributed by atoms with Crippen LogP contribution in [-0.4, -0.2) is 34.2 Å². The molecule has 0 fully saturated rings. The van der Waals surface area contributed by atoms with Gasteiger partial charge in [0, 0.05) is 5.41 Å². The molecule has 8 heteroatoms. The summed E-state index contributed by atoms with van der Waals surface area (Å²) in [5, 5.41) is 0.991. The van der Waals surface area contributed by atoms with Gasteiger partial charge >= 0.3 is 0 Å². The SMILES string of the molecule is COc1ccc(C=CS(=O)(=O)CC(=O)/C=C\c2ccc(OC)c(N)c2)cc1N. The van der Waals surface area contributed by atoms with Crippen LogP contribution in [0.3, 0.4) is 0 Å². The van der Waals surface area contributed by atoms with Crippen LogP contribution in [0.4, 0.5) is 11.4 Å². The minimum absolute atomic E-state index is 0.389. The highest BCUT2D eigenvalue weighted by Crippen LogP contribution is 2.23. The van der Waals surface area contributed by atoms with Crippen LogP contribution >= 0.6 is 0 Å². The maximum atomic E-state index is 12.1. The fourth-order valence-electron chi connectivity index (χ4n) is 2.38. The Labute approximate surface area is 164 Å². The van der Waals surface area contributed by atoms with E-state index in [0.29, 0.717) is 34.0 Å². The van der Waals surface area contributed by atoms with Crippen molar-refractivity contribution in [2.75, 3.05) is 31.4 Å². The summed E-state index contributed by atoms with van der Waals surface area (Å²) in [6.07, 6.45) is 4.09. The molecule has 7 nitrogen and oxygen atoms in total. The number of carbonyl (C=O) groups is 1. The molecule has 0 bridgehead atoms. The molecule has 0 aliphatic heterocycles. The van der Waals surface area contributed by atoms with E-state index in [1.165, 1.54) is 32.4 Å². The van der Waals surface area contributed by atoms with Gasteiger partial charge in [0.15, 0.2) is 15.6 Å². The standard InChI is InChI=1S/C20H22N2O5S/c1-26-19-7-4-14(11-17(19)21)3-6-16(23)13-28(24,25)10-9-15-5-8-20(27-2)18(22)12-15/h3-12H,13,21-22H2,1-2H3/b6-3-,10-9?. The van der Waals surface area contributed by atoms with Crippen LogP contribution in [0.2, 0.25) is 0 Å². The fourth-order valence-corrected chi connectivity index (χ4v) is 3.33. The van der Waals surface area contributed by atoms with Gasteiger partial charge < -0.3 is 20.9 Å². The molecule has 0 atom stereocenters. The van der Waals surface area contributed by atoms with Crippen LogP contribution in [-0.2, 0) is 14.6 Å². The van der Waals surface area contributed by atoms with E-state index in [1.807, 2.05) is 0 Å². The minimum Gasteiger partial charge on any atom is -0.495 e. The molecule has 0 spiro atoms. The van der Waals surface area contributed by atoms with E-state index < -0.39 is 21.4 Å². The number of nitrogen functional groups attached to an aromatic ring is 2. The zero-order valence-corrected chi connectivity index (χ0v) is 16.4. The van der Waals surface area contributed by atoms with Gasteiger partial charge in [0.05, 0.1) is 25.6 Å². The molecule has 0 aromatic heterocycles. The molecule has 2 aromatic rings. The van der Waals surface area contributed by atoms with Crippen LogP contribution in [0.15, 0.2) is 47.9 Å². The molecule has 148 valence electrons. The Hall–Kier alpha value is -3.26. The molecule has 0 heterocycles. The van der Waals surface area contributed by atoms with E-state index in [9.17, 15) is 13.2 Å². The number of carbonyl (C=O) groups excluding carboxylic acids is 1. The molecular formula is C20H22N2O5S. The molecular weight excluding hydrogens is 380 g/mol. The lowest BCUT2D eigenvalue weighted by Crippen LogP contribution is -2.11. The summed E-state index contributed by atoms with van der Waals surface area (Å²) in [6.45, 7) is 0. The zero-order chi connectivity index (χ0) is 20.7. The first-order valence-electron chi connectivity index (χ1n) is 8.23. The van der Waals surface area contributed by atoms with E-state index >= 15 is 0 Å². The average Bonchev–Trinajstić information content (AvgIpc) is 2.64. The minimum atomic E-state index is -3.73. The predicted octanol–water partition coefficient (Wildman–Crippen LogP) is 2.54. The molecule has 0 unspecified atom stereocenters. The summed E-state index contributed by atoms with van der Waals surface area (Å²) in [7, 11) is -0.734. The molecule has 2 rings (SSSR count). The highest BCUT2D eigenvalue weighted by molar-refractivity contribution is 7.95. The number of allylic oxidation sites excluding steroid dienone is 1. The van der Waals surface area contributed by atoms with Crippen molar-refractivity contribution >= 4 is 39.1 Å². The molecule has 0 saturated heterocycles. The van der Waals surface area contributed by atoms with Crippen LogP contribution in [0.5, 0.6) is 11.5 Å². The molecule has 0 aliphatic rings. The van der Waals surface area contributed by atoms with E-state index in [0.717, 1.165) is 5.41 Å². The van der Waals surface area contributed by atoms with E-state index in [4.69, 9.17) is 20.9 Å². The van der Waals surface area contributed by atoms with Crippen molar-refractivity contribution in [2.24, 2.45) is 0 Å². The summed E-state index contributed by atoms with van der Waals surface area (Å²) >= 11 is 0. The molecule has 0 radical (unpaired) electrons. The van der Waals surface area contributed by atoms with Crippen LogP contribution in [0, 0.1) is 0 Å². The van der Waals surface area contributed by atoms with Crippen molar-refractivity contribution in [2.45, 2.75) is 0 Å². The first-order valence-corrected chi connectivity index (χ1v) is 9.94. The number of rotatable bonds is 8. The average molecular weight is 402 g/mol. The number of nitrogens with two attached hydrogens (primary N) is 2. The van der Waals surface area contributed by atoms with Crippen LogP contribution < -0.4 is 20.9 Å². The number of ketones is 1. The monoisotopic (exact) mass is 402 g/mol. The zero-order valence-electron chi connectivity index (χ0n) is 15.6. The fraction of sp³-hybridized carbons (Fsp3) is 0.150. The summed E-state index contributed by atoms with van der Waals surface area (Å²) in [6, 6.07) is 9.89. The number of benzene rings is 2. The Morgan fingerprint density at radius 3 is 1.89 bits per heavy atom. The van der Waals surface area contributed by atoms with E-state index in [1.54, 1.807) is 36.4 Å². The molecule has 0 amide bonds. The molecule has 2 aromatic carbocycles. The Morgan fingerprint density at radius 1 is 0.929 bits per heavy atom.